The van der Waals surface area contributed by atoms with Gasteiger partial charge in [-0.1, -0.05) is 36.4 Å². The Hall–Kier alpha value is -2.95. The monoisotopic (exact) mass is 307 g/mol. The van der Waals surface area contributed by atoms with E-state index in [4.69, 9.17) is 0 Å². The van der Waals surface area contributed by atoms with Crippen molar-refractivity contribution in [3.8, 4) is 0 Å². The lowest BCUT2D eigenvalue weighted by Gasteiger charge is -2.14. The Labute approximate surface area is 133 Å². The Morgan fingerprint density at radius 3 is 2.65 bits per heavy atom. The van der Waals surface area contributed by atoms with Gasteiger partial charge in [-0.15, -0.1) is 0 Å². The molecule has 0 bridgehead atoms. The second-order valence-electron chi connectivity index (χ2n) is 5.52. The molecule has 0 spiro atoms. The van der Waals surface area contributed by atoms with Crippen molar-refractivity contribution in [2.45, 2.75) is 19.9 Å². The molecular formula is C18H17N3O2. The van der Waals surface area contributed by atoms with Crippen molar-refractivity contribution in [2.75, 3.05) is 0 Å². The number of amides is 1. The summed E-state index contributed by atoms with van der Waals surface area (Å²) in [6.07, 6.45) is 3.02. The topological polar surface area (TPSA) is 63.5 Å². The summed E-state index contributed by atoms with van der Waals surface area (Å²) in [5.74, 6) is -0.422. The van der Waals surface area contributed by atoms with Crippen molar-refractivity contribution < 1.29 is 4.79 Å². The molecule has 23 heavy (non-hydrogen) atoms. The smallest absolute Gasteiger partial charge is 0.270 e. The first-order valence-electron chi connectivity index (χ1n) is 7.40. The quantitative estimate of drug-likeness (QED) is 0.808. The highest BCUT2D eigenvalue weighted by Crippen LogP contribution is 2.11. The van der Waals surface area contributed by atoms with Crippen molar-refractivity contribution in [1.29, 1.82) is 0 Å². The molecular weight excluding hydrogens is 290 g/mol. The van der Waals surface area contributed by atoms with Gasteiger partial charge >= 0.3 is 0 Å². The molecule has 1 atom stereocenters. The largest absolute Gasteiger partial charge is 0.345 e. The van der Waals surface area contributed by atoms with Crippen LogP contribution in [-0.2, 0) is 0 Å². The molecule has 1 N–H and O–H groups in total. The van der Waals surface area contributed by atoms with Crippen LogP contribution < -0.4 is 10.9 Å². The third-order valence-electron chi connectivity index (χ3n) is 3.74. The SMILES string of the molecule is Cc1ccc2ncc(C(=O)N[C@@H](C)c3ccccc3)c(=O)n2c1. The van der Waals surface area contributed by atoms with Gasteiger partial charge in [-0.3, -0.25) is 14.0 Å². The lowest BCUT2D eigenvalue weighted by atomic mass is 10.1. The maximum Gasteiger partial charge on any atom is 0.270 e. The molecule has 0 aliphatic carbocycles. The Balaban J connectivity index is 1.92. The summed E-state index contributed by atoms with van der Waals surface area (Å²) in [6.45, 7) is 3.76. The molecule has 0 unspecified atom stereocenters. The number of hydrogen-bond acceptors (Lipinski definition) is 3. The van der Waals surface area contributed by atoms with Gasteiger partial charge in [-0.05, 0) is 31.0 Å². The highest BCUT2D eigenvalue weighted by molar-refractivity contribution is 5.94. The third kappa shape index (κ3) is 2.99. The van der Waals surface area contributed by atoms with Gasteiger partial charge in [0.05, 0.1) is 6.04 Å². The summed E-state index contributed by atoms with van der Waals surface area (Å²) in [7, 11) is 0. The number of benzene rings is 1. The maximum absolute atomic E-state index is 12.5. The van der Waals surface area contributed by atoms with Crippen molar-refractivity contribution in [3.63, 3.8) is 0 Å². The highest BCUT2D eigenvalue weighted by Gasteiger charge is 2.16. The number of rotatable bonds is 3. The van der Waals surface area contributed by atoms with Crippen molar-refractivity contribution in [1.82, 2.24) is 14.7 Å². The van der Waals surface area contributed by atoms with Gasteiger partial charge in [0.25, 0.3) is 11.5 Å². The number of nitrogens with one attached hydrogen (secondary N) is 1. The molecule has 5 heteroatoms. The molecule has 0 aliphatic heterocycles. The number of hydrogen-bond donors (Lipinski definition) is 1. The number of carbonyl (C=O) groups excluding carboxylic acids is 1. The lowest BCUT2D eigenvalue weighted by Crippen LogP contribution is -2.33. The fourth-order valence-electron chi connectivity index (χ4n) is 2.44. The highest BCUT2D eigenvalue weighted by atomic mass is 16.2. The fourth-order valence-corrected chi connectivity index (χ4v) is 2.44. The maximum atomic E-state index is 12.5. The number of pyridine rings is 1. The molecule has 0 fully saturated rings. The average Bonchev–Trinajstić information content (AvgIpc) is 2.56. The zero-order valence-electron chi connectivity index (χ0n) is 13.0. The van der Waals surface area contributed by atoms with Crippen LogP contribution in [0.5, 0.6) is 0 Å². The van der Waals surface area contributed by atoms with Crippen LogP contribution in [0.2, 0.25) is 0 Å². The van der Waals surface area contributed by atoms with E-state index in [0.29, 0.717) is 5.65 Å². The van der Waals surface area contributed by atoms with Crippen LogP contribution >= 0.6 is 0 Å². The molecule has 0 saturated heterocycles. The number of fused-ring (bicyclic) bond motifs is 1. The van der Waals surface area contributed by atoms with E-state index in [1.54, 1.807) is 12.3 Å². The van der Waals surface area contributed by atoms with Gasteiger partial charge in [0.2, 0.25) is 0 Å². The lowest BCUT2D eigenvalue weighted by molar-refractivity contribution is 0.0938. The van der Waals surface area contributed by atoms with Gasteiger partial charge in [0.1, 0.15) is 11.2 Å². The van der Waals surface area contributed by atoms with Crippen LogP contribution in [0.4, 0.5) is 0 Å². The van der Waals surface area contributed by atoms with Gasteiger partial charge in [-0.2, -0.15) is 0 Å². The number of aryl methyl sites for hydroxylation is 1. The summed E-state index contributed by atoms with van der Waals surface area (Å²) in [5, 5.41) is 2.84. The van der Waals surface area contributed by atoms with E-state index in [1.807, 2.05) is 50.2 Å². The van der Waals surface area contributed by atoms with E-state index < -0.39 is 5.91 Å². The van der Waals surface area contributed by atoms with Crippen molar-refractivity contribution >= 4 is 11.6 Å². The van der Waals surface area contributed by atoms with Crippen molar-refractivity contribution in [2.24, 2.45) is 0 Å². The molecule has 3 aromatic rings. The van der Waals surface area contributed by atoms with E-state index in [0.717, 1.165) is 11.1 Å². The Morgan fingerprint density at radius 1 is 1.17 bits per heavy atom. The predicted molar refractivity (Wildman–Crippen MR) is 88.5 cm³/mol. The zero-order valence-corrected chi connectivity index (χ0v) is 13.0. The van der Waals surface area contributed by atoms with Crippen LogP contribution in [0.15, 0.2) is 59.7 Å². The Kier molecular flexibility index (Phi) is 3.93. The van der Waals surface area contributed by atoms with E-state index in [2.05, 4.69) is 10.3 Å². The van der Waals surface area contributed by atoms with Crippen LogP contribution in [-0.4, -0.2) is 15.3 Å². The van der Waals surface area contributed by atoms with Crippen LogP contribution in [0, 0.1) is 6.92 Å². The molecule has 0 radical (unpaired) electrons. The average molecular weight is 307 g/mol. The molecule has 5 nitrogen and oxygen atoms in total. The van der Waals surface area contributed by atoms with Gasteiger partial charge < -0.3 is 5.32 Å². The summed E-state index contributed by atoms with van der Waals surface area (Å²) in [6, 6.07) is 13.0. The van der Waals surface area contributed by atoms with E-state index >= 15 is 0 Å². The normalized spacial score (nSPS) is 12.1. The molecule has 0 saturated carbocycles. The summed E-state index contributed by atoms with van der Waals surface area (Å²) in [4.78, 5) is 29.1. The minimum atomic E-state index is -0.422. The van der Waals surface area contributed by atoms with Gasteiger partial charge in [0.15, 0.2) is 0 Å². The number of aromatic nitrogens is 2. The van der Waals surface area contributed by atoms with E-state index in [1.165, 1.54) is 10.6 Å². The first kappa shape index (κ1) is 15.0. The van der Waals surface area contributed by atoms with Crippen LogP contribution in [0.1, 0.15) is 34.5 Å². The second-order valence-corrected chi connectivity index (χ2v) is 5.52. The Morgan fingerprint density at radius 2 is 1.91 bits per heavy atom. The first-order valence-corrected chi connectivity index (χ1v) is 7.40. The predicted octanol–water partition coefficient (Wildman–Crippen LogP) is 2.49. The minimum absolute atomic E-state index is 0.0379. The van der Waals surface area contributed by atoms with Crippen LogP contribution in [0.25, 0.3) is 5.65 Å². The van der Waals surface area contributed by atoms with E-state index in [-0.39, 0.29) is 17.2 Å². The Bertz CT molecular complexity index is 916. The van der Waals surface area contributed by atoms with E-state index in [9.17, 15) is 9.59 Å². The molecule has 2 aromatic heterocycles. The molecule has 2 heterocycles. The molecule has 1 amide bonds. The molecule has 3 rings (SSSR count). The number of nitrogens with zero attached hydrogens (tertiary/aromatic N) is 2. The zero-order chi connectivity index (χ0) is 16.4. The minimum Gasteiger partial charge on any atom is -0.345 e. The molecule has 0 aliphatic rings. The van der Waals surface area contributed by atoms with Crippen LogP contribution in [0.3, 0.4) is 0 Å². The standard InChI is InChI=1S/C18H17N3O2/c1-12-8-9-16-19-10-15(18(23)21(16)11-12)17(22)20-13(2)14-6-4-3-5-7-14/h3-11,13H,1-2H3,(H,20,22)/t13-/m0/s1. The van der Waals surface area contributed by atoms with Crippen molar-refractivity contribution in [3.05, 3.63) is 81.9 Å². The summed E-state index contributed by atoms with van der Waals surface area (Å²) in [5.41, 5.74) is 2.10. The number of carbonyl (C=O) groups is 1. The second kappa shape index (κ2) is 6.04. The molecule has 1 aromatic carbocycles. The summed E-state index contributed by atoms with van der Waals surface area (Å²) >= 11 is 0. The molecule has 116 valence electrons. The fraction of sp³-hybridized carbons (Fsp3) is 0.167. The summed E-state index contributed by atoms with van der Waals surface area (Å²) < 4.78 is 1.40. The first-order chi connectivity index (χ1) is 11.1. The van der Waals surface area contributed by atoms with Gasteiger partial charge in [-0.25, -0.2) is 4.98 Å². The third-order valence-corrected chi connectivity index (χ3v) is 3.74. The van der Waals surface area contributed by atoms with Gasteiger partial charge in [0, 0.05) is 12.4 Å².